The number of aryl methyl sites for hydroxylation is 2. The Hall–Kier alpha value is -2.52. The number of hydrogen-bond acceptors (Lipinski definition) is 1. The van der Waals surface area contributed by atoms with Gasteiger partial charge in [-0.2, -0.15) is 0 Å². The van der Waals surface area contributed by atoms with E-state index in [-0.39, 0.29) is 0 Å². The molecular weight excluding hydrogens is 483 g/mol. The highest BCUT2D eigenvalue weighted by Gasteiger charge is 2.05. The molecule has 0 spiro atoms. The van der Waals surface area contributed by atoms with Crippen LogP contribution in [0.4, 0.5) is 0 Å². The summed E-state index contributed by atoms with van der Waals surface area (Å²) >= 11 is 1.71. The summed E-state index contributed by atoms with van der Waals surface area (Å²) in [5.74, 6) is 6.54. The van der Waals surface area contributed by atoms with Crippen LogP contribution in [0, 0.1) is 18.8 Å². The summed E-state index contributed by atoms with van der Waals surface area (Å²) in [7, 11) is 3.30. The van der Waals surface area contributed by atoms with Crippen molar-refractivity contribution in [3.05, 3.63) is 119 Å². The van der Waals surface area contributed by atoms with Gasteiger partial charge in [-0.15, -0.1) is 33.1 Å². The van der Waals surface area contributed by atoms with Crippen LogP contribution in [-0.2, 0) is 6.42 Å². The summed E-state index contributed by atoms with van der Waals surface area (Å²) in [5.41, 5.74) is 6.41. The topological polar surface area (TPSA) is 0 Å². The van der Waals surface area contributed by atoms with E-state index < -0.39 is 0 Å². The molecule has 0 N–H and O–H groups in total. The largest absolute Gasteiger partial charge is 0.130 e. The standard InChI is InChI=1S/C15H18.C8H10.C7H8.C3H7PS.C2H6/c1-5-7-14-8-6-9-15(11-14)13(4)10-12(2)3;1-2-8-6-4-3-5-7-8;1-7-5-3-2-4-6-7;1-3(4)5-2;1-2/h6,8-9,11,13H,2,10H2,1,3-4H3;3-7H,2H2,1H3;2-6H,1H3;4H,1-2H3;1-2H3. The van der Waals surface area contributed by atoms with Crippen molar-refractivity contribution < 1.29 is 0 Å². The number of rotatable bonds is 5. The predicted molar refractivity (Wildman–Crippen MR) is 178 cm³/mol. The smallest absolute Gasteiger partial charge is 0.0247 e. The quantitative estimate of drug-likeness (QED) is 0.179. The summed E-state index contributed by atoms with van der Waals surface area (Å²) in [6.45, 7) is 20.4. The average Bonchev–Trinajstić information content (AvgIpc) is 2.92. The third-order valence-electron chi connectivity index (χ3n) is 4.88. The Morgan fingerprint density at radius 3 is 1.78 bits per heavy atom. The fraction of sp³-hybridized carbons (Fsp3) is 0.343. The maximum Gasteiger partial charge on any atom is 0.0247 e. The van der Waals surface area contributed by atoms with Crippen molar-refractivity contribution in [2.45, 2.75) is 74.1 Å². The van der Waals surface area contributed by atoms with Gasteiger partial charge in [0.1, 0.15) is 0 Å². The molecule has 0 heterocycles. The van der Waals surface area contributed by atoms with Crippen molar-refractivity contribution in [1.82, 2.24) is 0 Å². The molecule has 37 heavy (non-hydrogen) atoms. The summed E-state index contributed by atoms with van der Waals surface area (Å²) in [4.78, 5) is 0. The molecule has 3 aromatic rings. The van der Waals surface area contributed by atoms with Gasteiger partial charge in [0.25, 0.3) is 0 Å². The molecule has 0 bridgehead atoms. The molecule has 200 valence electrons. The van der Waals surface area contributed by atoms with Crippen LogP contribution in [0.25, 0.3) is 0 Å². The summed E-state index contributed by atoms with van der Waals surface area (Å²) in [5, 5.41) is 0. The minimum Gasteiger partial charge on any atom is -0.130 e. The maximum absolute atomic E-state index is 3.95. The van der Waals surface area contributed by atoms with Crippen LogP contribution in [0.5, 0.6) is 0 Å². The van der Waals surface area contributed by atoms with E-state index in [0.29, 0.717) is 5.92 Å². The zero-order valence-electron chi connectivity index (χ0n) is 24.7. The highest BCUT2D eigenvalue weighted by Crippen LogP contribution is 2.22. The minimum atomic E-state index is 0.529. The second-order valence-electron chi connectivity index (χ2n) is 8.32. The van der Waals surface area contributed by atoms with Crippen LogP contribution in [0.3, 0.4) is 0 Å². The molecule has 1 unspecified atom stereocenters. The van der Waals surface area contributed by atoms with Crippen molar-refractivity contribution in [3.8, 4) is 11.8 Å². The van der Waals surface area contributed by atoms with E-state index in [1.165, 1.54) is 26.9 Å². The van der Waals surface area contributed by atoms with Gasteiger partial charge in [-0.05, 0) is 76.0 Å². The van der Waals surface area contributed by atoms with Crippen LogP contribution >= 0.6 is 20.6 Å². The van der Waals surface area contributed by atoms with Crippen molar-refractivity contribution in [2.75, 3.05) is 6.26 Å². The molecule has 0 saturated carbocycles. The Morgan fingerprint density at radius 1 is 0.919 bits per heavy atom. The van der Waals surface area contributed by atoms with Gasteiger partial charge in [-0.1, -0.05) is 118 Å². The zero-order chi connectivity index (χ0) is 28.5. The van der Waals surface area contributed by atoms with Crippen LogP contribution in [0.15, 0.2) is 97.1 Å². The molecular formula is C35H49PS. The van der Waals surface area contributed by atoms with Gasteiger partial charge in [0.2, 0.25) is 0 Å². The van der Waals surface area contributed by atoms with E-state index in [9.17, 15) is 0 Å². The summed E-state index contributed by atoms with van der Waals surface area (Å²) in [6.07, 6.45) is 4.21. The SMILES string of the molecule is C=C(C)CC(C)c1cccc(C#CC)c1.CC.CCc1ccccc1.CSC(C)=P.Cc1ccccc1. The normalized spacial score (nSPS) is 9.43. The molecule has 0 aliphatic carbocycles. The van der Waals surface area contributed by atoms with Gasteiger partial charge >= 0.3 is 0 Å². The lowest BCUT2D eigenvalue weighted by Gasteiger charge is -2.11. The van der Waals surface area contributed by atoms with Gasteiger partial charge < -0.3 is 0 Å². The third-order valence-corrected chi connectivity index (χ3v) is 6.10. The molecule has 3 rings (SSSR count). The Labute approximate surface area is 236 Å². The summed E-state index contributed by atoms with van der Waals surface area (Å²) < 4.78 is 1.23. The van der Waals surface area contributed by atoms with Crippen LogP contribution in [0.2, 0.25) is 0 Å². The van der Waals surface area contributed by atoms with Crippen molar-refractivity contribution in [2.24, 2.45) is 0 Å². The second kappa shape index (κ2) is 25.1. The first kappa shape index (κ1) is 36.6. The average molecular weight is 533 g/mol. The first-order valence-corrected chi connectivity index (χ1v) is 14.8. The zero-order valence-corrected chi connectivity index (χ0v) is 26.5. The lowest BCUT2D eigenvalue weighted by molar-refractivity contribution is 0.753. The maximum atomic E-state index is 3.95. The predicted octanol–water partition coefficient (Wildman–Crippen LogP) is 11.0. The van der Waals surface area contributed by atoms with Gasteiger partial charge in [0, 0.05) is 10.2 Å². The number of allylic oxidation sites excluding steroid dienone is 1. The third kappa shape index (κ3) is 22.4. The molecule has 0 aliphatic rings. The van der Waals surface area contributed by atoms with E-state index in [0.717, 1.165) is 18.4 Å². The Morgan fingerprint density at radius 2 is 1.43 bits per heavy atom. The van der Waals surface area contributed by atoms with Crippen molar-refractivity contribution >= 4 is 25.3 Å². The molecule has 0 saturated heterocycles. The van der Waals surface area contributed by atoms with E-state index >= 15 is 0 Å². The first-order chi connectivity index (χ1) is 17.7. The van der Waals surface area contributed by atoms with E-state index in [4.69, 9.17) is 0 Å². The van der Waals surface area contributed by atoms with E-state index in [1.807, 2.05) is 64.3 Å². The number of hydrogen-bond donors (Lipinski definition) is 0. The lowest BCUT2D eigenvalue weighted by atomic mass is 9.93. The molecule has 3 aromatic carbocycles. The monoisotopic (exact) mass is 532 g/mol. The molecule has 0 amide bonds. The molecule has 0 radical (unpaired) electrons. The highest BCUT2D eigenvalue weighted by atomic mass is 32.2. The lowest BCUT2D eigenvalue weighted by Crippen LogP contribution is -1.94. The second-order valence-corrected chi connectivity index (χ2v) is 10.4. The Bertz CT molecular complexity index is 1030. The van der Waals surface area contributed by atoms with Crippen LogP contribution in [-0.4, -0.2) is 10.9 Å². The molecule has 2 heteroatoms. The Balaban J connectivity index is 0. The highest BCUT2D eigenvalue weighted by molar-refractivity contribution is 8.16. The number of benzene rings is 3. The van der Waals surface area contributed by atoms with Crippen LogP contribution < -0.4 is 0 Å². The summed E-state index contributed by atoms with van der Waals surface area (Å²) in [6, 6.07) is 29.2. The van der Waals surface area contributed by atoms with Gasteiger partial charge in [0.05, 0.1) is 0 Å². The van der Waals surface area contributed by atoms with Gasteiger partial charge in [-0.25, -0.2) is 0 Å². The van der Waals surface area contributed by atoms with E-state index in [2.05, 4.69) is 110 Å². The molecule has 1 atom stereocenters. The van der Waals surface area contributed by atoms with Crippen molar-refractivity contribution in [1.29, 1.82) is 0 Å². The van der Waals surface area contributed by atoms with Gasteiger partial charge in [0.15, 0.2) is 0 Å². The van der Waals surface area contributed by atoms with Crippen LogP contribution in [0.1, 0.15) is 83.1 Å². The fourth-order valence-electron chi connectivity index (χ4n) is 2.96. The minimum absolute atomic E-state index is 0.529. The molecule has 0 aromatic heterocycles. The van der Waals surface area contributed by atoms with Gasteiger partial charge in [-0.3, -0.25) is 0 Å². The fourth-order valence-corrected chi connectivity index (χ4v) is 2.96. The first-order valence-electron chi connectivity index (χ1n) is 13.0. The molecule has 0 fully saturated rings. The molecule has 0 aliphatic heterocycles. The van der Waals surface area contributed by atoms with E-state index in [1.54, 1.807) is 11.8 Å². The number of thioether (sulfide) groups is 1. The van der Waals surface area contributed by atoms with Crippen molar-refractivity contribution in [3.63, 3.8) is 0 Å². The molecule has 0 nitrogen and oxygen atoms in total. The Kier molecular flexibility index (Phi) is 24.9.